The molecule has 0 spiro atoms. The molecule has 1 N–H and O–H groups in total. The van der Waals surface area contributed by atoms with Gasteiger partial charge in [0.1, 0.15) is 11.8 Å². The largest absolute Gasteiger partial charge is 0.444 e. The number of carbonyl (C=O) groups excluding carboxylic acids is 1. The van der Waals surface area contributed by atoms with Crippen LogP contribution in [0.3, 0.4) is 0 Å². The third kappa shape index (κ3) is 3.31. The van der Waals surface area contributed by atoms with Crippen molar-refractivity contribution in [3.05, 3.63) is 0 Å². The number of alkyl halides is 1. The fourth-order valence-corrected chi connectivity index (χ4v) is 2.52. The molecule has 2 unspecified atom stereocenters. The van der Waals surface area contributed by atoms with Crippen LogP contribution < -0.4 is 5.32 Å². The molecule has 2 fully saturated rings. The molecular formula is C12H21FN2O2. The zero-order valence-electron chi connectivity index (χ0n) is 10.7. The van der Waals surface area contributed by atoms with E-state index in [4.69, 9.17) is 4.74 Å². The van der Waals surface area contributed by atoms with Gasteiger partial charge in [-0.05, 0) is 33.6 Å². The normalized spacial score (nSPS) is 33.4. The predicted octanol–water partition coefficient (Wildman–Crippen LogP) is 1.70. The number of hydrogen-bond donors (Lipinski definition) is 1. The Labute approximate surface area is 101 Å². The van der Waals surface area contributed by atoms with Gasteiger partial charge in [0.25, 0.3) is 0 Å². The average molecular weight is 244 g/mol. The van der Waals surface area contributed by atoms with Gasteiger partial charge < -0.3 is 15.0 Å². The lowest BCUT2D eigenvalue weighted by molar-refractivity contribution is 0.00602. The van der Waals surface area contributed by atoms with Gasteiger partial charge in [-0.25, -0.2) is 9.18 Å². The number of nitrogens with zero attached hydrogens (tertiary/aromatic N) is 1. The van der Waals surface area contributed by atoms with Crippen molar-refractivity contribution in [1.82, 2.24) is 10.2 Å². The third-order valence-electron chi connectivity index (χ3n) is 3.09. The Morgan fingerprint density at radius 3 is 2.29 bits per heavy atom. The van der Waals surface area contributed by atoms with Crippen molar-refractivity contribution in [2.45, 2.75) is 57.5 Å². The monoisotopic (exact) mass is 244 g/mol. The summed E-state index contributed by atoms with van der Waals surface area (Å²) >= 11 is 0. The lowest BCUT2D eigenvalue weighted by Crippen LogP contribution is -2.62. The van der Waals surface area contributed by atoms with Gasteiger partial charge in [0, 0.05) is 25.2 Å². The second-order valence-electron chi connectivity index (χ2n) is 6.01. The zero-order valence-corrected chi connectivity index (χ0v) is 10.7. The molecule has 2 aliphatic rings. The van der Waals surface area contributed by atoms with Crippen molar-refractivity contribution in [2.75, 3.05) is 13.1 Å². The highest BCUT2D eigenvalue weighted by Crippen LogP contribution is 2.23. The topological polar surface area (TPSA) is 41.6 Å². The number of piperidine rings is 1. The second kappa shape index (κ2) is 4.44. The molecule has 0 radical (unpaired) electrons. The third-order valence-corrected chi connectivity index (χ3v) is 3.09. The summed E-state index contributed by atoms with van der Waals surface area (Å²) < 4.78 is 18.7. The fourth-order valence-electron chi connectivity index (χ4n) is 2.52. The summed E-state index contributed by atoms with van der Waals surface area (Å²) in [5.41, 5.74) is -0.473. The van der Waals surface area contributed by atoms with Crippen LogP contribution in [-0.4, -0.2) is 47.9 Å². The van der Waals surface area contributed by atoms with E-state index < -0.39 is 11.8 Å². The van der Waals surface area contributed by atoms with E-state index in [0.29, 0.717) is 25.9 Å². The van der Waals surface area contributed by atoms with Gasteiger partial charge in [-0.1, -0.05) is 0 Å². The smallest absolute Gasteiger partial charge is 0.410 e. The van der Waals surface area contributed by atoms with Gasteiger partial charge in [0.05, 0.1) is 0 Å². The minimum Gasteiger partial charge on any atom is -0.444 e. The summed E-state index contributed by atoms with van der Waals surface area (Å²) in [5.74, 6) is 0. The van der Waals surface area contributed by atoms with Crippen LogP contribution in [0.2, 0.25) is 0 Å². The van der Waals surface area contributed by atoms with Crippen molar-refractivity contribution in [1.29, 1.82) is 0 Å². The fraction of sp³-hybridized carbons (Fsp3) is 0.917. The number of amides is 1. The number of rotatable bonds is 0. The molecule has 2 aliphatic heterocycles. The summed E-state index contributed by atoms with van der Waals surface area (Å²) in [4.78, 5) is 13.6. The molecule has 2 saturated heterocycles. The molecule has 0 aliphatic carbocycles. The summed E-state index contributed by atoms with van der Waals surface area (Å²) in [6, 6.07) is 0.148. The van der Waals surface area contributed by atoms with Gasteiger partial charge in [-0.3, -0.25) is 0 Å². The highest BCUT2D eigenvalue weighted by molar-refractivity contribution is 5.68. The van der Waals surface area contributed by atoms with Crippen molar-refractivity contribution >= 4 is 6.09 Å². The van der Waals surface area contributed by atoms with Crippen LogP contribution in [0.4, 0.5) is 9.18 Å². The van der Waals surface area contributed by atoms with Crippen LogP contribution in [0, 0.1) is 0 Å². The van der Waals surface area contributed by atoms with Crippen LogP contribution in [-0.2, 0) is 4.74 Å². The Kier molecular flexibility index (Phi) is 3.30. The van der Waals surface area contributed by atoms with Crippen LogP contribution in [0.15, 0.2) is 0 Å². The molecule has 98 valence electrons. The number of halogens is 1. The summed E-state index contributed by atoms with van der Waals surface area (Å²) in [7, 11) is 0. The molecule has 2 heterocycles. The SMILES string of the molecule is CC(C)(C)OC(=O)N1CC2CC(F)CC(C1)N2. The minimum atomic E-state index is -0.730. The van der Waals surface area contributed by atoms with Gasteiger partial charge in [0.2, 0.25) is 0 Å². The Balaban J connectivity index is 1.94. The first-order chi connectivity index (χ1) is 7.83. The van der Waals surface area contributed by atoms with Crippen molar-refractivity contribution in [3.63, 3.8) is 0 Å². The van der Waals surface area contributed by atoms with Gasteiger partial charge in [-0.15, -0.1) is 0 Å². The highest BCUT2D eigenvalue weighted by Gasteiger charge is 2.37. The maximum atomic E-state index is 13.3. The van der Waals surface area contributed by atoms with Crippen LogP contribution in [0.5, 0.6) is 0 Å². The lowest BCUT2D eigenvalue weighted by Gasteiger charge is -2.43. The van der Waals surface area contributed by atoms with Crippen LogP contribution >= 0.6 is 0 Å². The van der Waals surface area contributed by atoms with E-state index >= 15 is 0 Å². The predicted molar refractivity (Wildman–Crippen MR) is 62.6 cm³/mol. The van der Waals surface area contributed by atoms with Crippen molar-refractivity contribution < 1.29 is 13.9 Å². The number of piperazine rings is 1. The quantitative estimate of drug-likeness (QED) is 0.705. The van der Waals surface area contributed by atoms with E-state index in [2.05, 4.69) is 5.32 Å². The van der Waals surface area contributed by atoms with Crippen molar-refractivity contribution in [3.8, 4) is 0 Å². The molecule has 17 heavy (non-hydrogen) atoms. The van der Waals surface area contributed by atoms with E-state index in [1.54, 1.807) is 4.90 Å². The standard InChI is InChI=1S/C12H21FN2O2/c1-12(2,3)17-11(16)15-6-9-4-8(13)5-10(7-15)14-9/h8-10,14H,4-7H2,1-3H3. The first-order valence-corrected chi connectivity index (χ1v) is 6.21. The molecule has 0 saturated carbocycles. The molecule has 2 rings (SSSR count). The zero-order chi connectivity index (χ0) is 12.6. The number of ether oxygens (including phenoxy) is 1. The molecule has 4 nitrogen and oxygen atoms in total. The molecule has 2 atom stereocenters. The summed E-state index contributed by atoms with van der Waals surface area (Å²) in [5, 5.41) is 3.34. The molecule has 5 heteroatoms. The maximum absolute atomic E-state index is 13.3. The molecule has 1 amide bonds. The summed E-state index contributed by atoms with van der Waals surface area (Å²) in [6.07, 6.45) is -0.0238. The first kappa shape index (κ1) is 12.6. The van der Waals surface area contributed by atoms with Crippen molar-refractivity contribution in [2.24, 2.45) is 0 Å². The lowest BCUT2D eigenvalue weighted by atomic mass is 9.93. The summed E-state index contributed by atoms with van der Waals surface area (Å²) in [6.45, 7) is 6.65. The molecule has 0 aromatic carbocycles. The molecule has 2 bridgehead atoms. The Morgan fingerprint density at radius 2 is 1.82 bits per heavy atom. The number of fused-ring (bicyclic) bond motifs is 2. The number of hydrogen-bond acceptors (Lipinski definition) is 3. The molecule has 0 aromatic rings. The highest BCUT2D eigenvalue weighted by atomic mass is 19.1. The van der Waals surface area contributed by atoms with E-state index in [1.807, 2.05) is 20.8 Å². The number of carbonyl (C=O) groups is 1. The Bertz CT molecular complexity index is 285. The van der Waals surface area contributed by atoms with Gasteiger partial charge in [0.15, 0.2) is 0 Å². The Hall–Kier alpha value is -0.840. The Morgan fingerprint density at radius 1 is 1.29 bits per heavy atom. The van der Waals surface area contributed by atoms with E-state index in [9.17, 15) is 9.18 Å². The van der Waals surface area contributed by atoms with E-state index in [1.165, 1.54) is 0 Å². The van der Waals surface area contributed by atoms with E-state index in [0.717, 1.165) is 0 Å². The second-order valence-corrected chi connectivity index (χ2v) is 6.01. The number of nitrogens with one attached hydrogen (secondary N) is 1. The first-order valence-electron chi connectivity index (χ1n) is 6.21. The van der Waals surface area contributed by atoms with Crippen LogP contribution in [0.25, 0.3) is 0 Å². The minimum absolute atomic E-state index is 0.0741. The van der Waals surface area contributed by atoms with Gasteiger partial charge in [-0.2, -0.15) is 0 Å². The number of likely N-dealkylation sites (tertiary alicyclic amines) is 1. The van der Waals surface area contributed by atoms with Crippen LogP contribution in [0.1, 0.15) is 33.6 Å². The van der Waals surface area contributed by atoms with E-state index in [-0.39, 0.29) is 18.2 Å². The molecular weight excluding hydrogens is 223 g/mol. The maximum Gasteiger partial charge on any atom is 0.410 e. The average Bonchev–Trinajstić information content (AvgIpc) is 2.12. The molecule has 0 aromatic heterocycles. The van der Waals surface area contributed by atoms with Gasteiger partial charge >= 0.3 is 6.09 Å².